The minimum atomic E-state index is 0.230. The van der Waals surface area contributed by atoms with Crippen molar-refractivity contribution in [3.8, 4) is 0 Å². The molecule has 1 unspecified atom stereocenters. The predicted octanol–water partition coefficient (Wildman–Crippen LogP) is 2.37. The lowest BCUT2D eigenvalue weighted by molar-refractivity contribution is 0.0668. The van der Waals surface area contributed by atoms with E-state index in [0.29, 0.717) is 6.42 Å². The predicted molar refractivity (Wildman–Crippen MR) is 71.9 cm³/mol. The molecule has 1 saturated heterocycles. The number of benzene rings is 1. The third kappa shape index (κ3) is 3.93. The molecule has 0 N–H and O–H groups in total. The van der Waals surface area contributed by atoms with Crippen LogP contribution in [0.15, 0.2) is 30.3 Å². The van der Waals surface area contributed by atoms with Gasteiger partial charge in [0.15, 0.2) is 5.78 Å². The van der Waals surface area contributed by atoms with E-state index in [1.807, 2.05) is 30.3 Å². The Morgan fingerprint density at radius 3 is 2.94 bits per heavy atom. The molecule has 98 valence electrons. The van der Waals surface area contributed by atoms with Gasteiger partial charge in [0.1, 0.15) is 0 Å². The summed E-state index contributed by atoms with van der Waals surface area (Å²) in [4.78, 5) is 14.3. The van der Waals surface area contributed by atoms with E-state index in [2.05, 4.69) is 11.8 Å². The SMILES string of the molecule is CC1CN(CCC(=O)c2ccccc2)CCCO1. The summed E-state index contributed by atoms with van der Waals surface area (Å²) in [6, 6.07) is 9.53. The molecule has 0 amide bonds. The molecule has 1 aromatic carbocycles. The van der Waals surface area contributed by atoms with Gasteiger partial charge in [0.05, 0.1) is 6.10 Å². The Kier molecular flexibility index (Phi) is 4.90. The number of hydrogen-bond acceptors (Lipinski definition) is 3. The van der Waals surface area contributed by atoms with Gasteiger partial charge in [0, 0.05) is 38.2 Å². The van der Waals surface area contributed by atoms with Crippen LogP contribution in [0.3, 0.4) is 0 Å². The molecule has 1 aliphatic rings. The molecule has 3 nitrogen and oxygen atoms in total. The fourth-order valence-electron chi connectivity index (χ4n) is 2.31. The van der Waals surface area contributed by atoms with Gasteiger partial charge in [0.2, 0.25) is 0 Å². The Morgan fingerprint density at radius 2 is 2.17 bits per heavy atom. The van der Waals surface area contributed by atoms with Crippen LogP contribution in [0.1, 0.15) is 30.1 Å². The van der Waals surface area contributed by atoms with Crippen LogP contribution in [0.2, 0.25) is 0 Å². The van der Waals surface area contributed by atoms with Crippen molar-refractivity contribution in [2.45, 2.75) is 25.9 Å². The van der Waals surface area contributed by atoms with E-state index in [1.165, 1.54) is 0 Å². The summed E-state index contributed by atoms with van der Waals surface area (Å²) in [6.45, 7) is 5.73. The van der Waals surface area contributed by atoms with Crippen LogP contribution in [0.5, 0.6) is 0 Å². The zero-order valence-electron chi connectivity index (χ0n) is 11.0. The molecule has 0 spiro atoms. The molecule has 0 saturated carbocycles. The van der Waals surface area contributed by atoms with Crippen molar-refractivity contribution in [3.05, 3.63) is 35.9 Å². The van der Waals surface area contributed by atoms with E-state index in [4.69, 9.17) is 4.74 Å². The van der Waals surface area contributed by atoms with Crippen LogP contribution in [0, 0.1) is 0 Å². The third-order valence-electron chi connectivity index (χ3n) is 3.29. The summed E-state index contributed by atoms with van der Waals surface area (Å²) in [7, 11) is 0. The molecular weight excluding hydrogens is 226 g/mol. The monoisotopic (exact) mass is 247 g/mol. The third-order valence-corrected chi connectivity index (χ3v) is 3.29. The molecule has 0 aliphatic carbocycles. The number of carbonyl (C=O) groups is 1. The topological polar surface area (TPSA) is 29.5 Å². The van der Waals surface area contributed by atoms with Gasteiger partial charge in [-0.2, -0.15) is 0 Å². The van der Waals surface area contributed by atoms with Crippen LogP contribution in [-0.4, -0.2) is 43.0 Å². The first-order valence-corrected chi connectivity index (χ1v) is 6.68. The van der Waals surface area contributed by atoms with Crippen molar-refractivity contribution in [3.63, 3.8) is 0 Å². The second kappa shape index (κ2) is 6.66. The number of carbonyl (C=O) groups excluding carboxylic acids is 1. The van der Waals surface area contributed by atoms with Crippen LogP contribution in [0.25, 0.3) is 0 Å². The lowest BCUT2D eigenvalue weighted by atomic mass is 10.1. The first-order chi connectivity index (χ1) is 8.75. The molecule has 0 bridgehead atoms. The van der Waals surface area contributed by atoms with E-state index in [1.54, 1.807) is 0 Å². The Labute approximate surface area is 109 Å². The van der Waals surface area contributed by atoms with Crippen molar-refractivity contribution >= 4 is 5.78 Å². The second-order valence-electron chi connectivity index (χ2n) is 4.87. The summed E-state index contributed by atoms with van der Waals surface area (Å²) < 4.78 is 5.60. The molecule has 1 aliphatic heterocycles. The second-order valence-corrected chi connectivity index (χ2v) is 4.87. The van der Waals surface area contributed by atoms with Crippen LogP contribution < -0.4 is 0 Å². The minimum absolute atomic E-state index is 0.230. The molecule has 0 aromatic heterocycles. The van der Waals surface area contributed by atoms with Crippen LogP contribution in [0.4, 0.5) is 0 Å². The van der Waals surface area contributed by atoms with Crippen molar-refractivity contribution < 1.29 is 9.53 Å². The van der Waals surface area contributed by atoms with Gasteiger partial charge < -0.3 is 9.64 Å². The van der Waals surface area contributed by atoms with E-state index in [0.717, 1.165) is 38.2 Å². The molecule has 0 radical (unpaired) electrons. The molecule has 1 fully saturated rings. The lowest BCUT2D eigenvalue weighted by Crippen LogP contribution is -2.32. The molecule has 2 rings (SSSR count). The summed E-state index contributed by atoms with van der Waals surface area (Å²) >= 11 is 0. The molecule has 1 aromatic rings. The highest BCUT2D eigenvalue weighted by molar-refractivity contribution is 5.96. The summed E-state index contributed by atoms with van der Waals surface area (Å²) in [5, 5.41) is 0. The van der Waals surface area contributed by atoms with Crippen molar-refractivity contribution in [1.82, 2.24) is 4.90 Å². The summed E-state index contributed by atoms with van der Waals surface area (Å²) in [5.74, 6) is 0.230. The van der Waals surface area contributed by atoms with Gasteiger partial charge in [0.25, 0.3) is 0 Å². The van der Waals surface area contributed by atoms with Gasteiger partial charge in [-0.15, -0.1) is 0 Å². The average molecular weight is 247 g/mol. The molecule has 18 heavy (non-hydrogen) atoms. The maximum Gasteiger partial charge on any atom is 0.164 e. The highest BCUT2D eigenvalue weighted by Crippen LogP contribution is 2.08. The normalized spacial score (nSPS) is 21.5. The highest BCUT2D eigenvalue weighted by Gasteiger charge is 2.16. The number of nitrogens with zero attached hydrogens (tertiary/aromatic N) is 1. The highest BCUT2D eigenvalue weighted by atomic mass is 16.5. The number of ketones is 1. The van der Waals surface area contributed by atoms with Crippen molar-refractivity contribution in [2.24, 2.45) is 0 Å². The largest absolute Gasteiger partial charge is 0.377 e. The number of Topliss-reactive ketones (excluding diaryl/α,β-unsaturated/α-hetero) is 1. The molecule has 1 heterocycles. The Hall–Kier alpha value is -1.19. The van der Waals surface area contributed by atoms with Gasteiger partial charge in [-0.1, -0.05) is 30.3 Å². The van der Waals surface area contributed by atoms with E-state index in [-0.39, 0.29) is 11.9 Å². The Balaban J connectivity index is 1.82. The van der Waals surface area contributed by atoms with Gasteiger partial charge >= 0.3 is 0 Å². The molecular formula is C15H21NO2. The van der Waals surface area contributed by atoms with E-state index in [9.17, 15) is 4.79 Å². The van der Waals surface area contributed by atoms with Crippen molar-refractivity contribution in [1.29, 1.82) is 0 Å². The number of rotatable bonds is 4. The first kappa shape index (κ1) is 13.2. The van der Waals surface area contributed by atoms with Gasteiger partial charge in [-0.05, 0) is 13.3 Å². The van der Waals surface area contributed by atoms with Gasteiger partial charge in [-0.25, -0.2) is 0 Å². The molecule has 3 heteroatoms. The smallest absolute Gasteiger partial charge is 0.164 e. The average Bonchev–Trinajstić information content (AvgIpc) is 2.61. The fraction of sp³-hybridized carbons (Fsp3) is 0.533. The van der Waals surface area contributed by atoms with Crippen LogP contribution >= 0.6 is 0 Å². The number of hydrogen-bond donors (Lipinski definition) is 0. The molecule has 1 atom stereocenters. The van der Waals surface area contributed by atoms with Crippen LogP contribution in [-0.2, 0) is 4.74 Å². The Bertz CT molecular complexity index is 377. The summed E-state index contributed by atoms with van der Waals surface area (Å²) in [5.41, 5.74) is 0.816. The number of ether oxygens (including phenoxy) is 1. The maximum atomic E-state index is 12.0. The minimum Gasteiger partial charge on any atom is -0.377 e. The first-order valence-electron chi connectivity index (χ1n) is 6.68. The van der Waals surface area contributed by atoms with Gasteiger partial charge in [-0.3, -0.25) is 4.79 Å². The quantitative estimate of drug-likeness (QED) is 0.765. The van der Waals surface area contributed by atoms with E-state index >= 15 is 0 Å². The van der Waals surface area contributed by atoms with Crippen molar-refractivity contribution in [2.75, 3.05) is 26.2 Å². The zero-order valence-corrected chi connectivity index (χ0v) is 11.0. The van der Waals surface area contributed by atoms with E-state index < -0.39 is 0 Å². The summed E-state index contributed by atoms with van der Waals surface area (Å²) in [6.07, 6.45) is 1.93. The standard InChI is InChI=1S/C15H21NO2/c1-13-12-16(9-5-11-18-13)10-8-15(17)14-6-3-2-4-7-14/h2-4,6-7,13H,5,8-12H2,1H3. The zero-order chi connectivity index (χ0) is 12.8. The fourth-order valence-corrected chi connectivity index (χ4v) is 2.31. The Morgan fingerprint density at radius 1 is 1.39 bits per heavy atom. The lowest BCUT2D eigenvalue weighted by Gasteiger charge is -2.21. The maximum absolute atomic E-state index is 12.0.